The van der Waals surface area contributed by atoms with Gasteiger partial charge in [0.15, 0.2) is 0 Å². The second-order valence-electron chi connectivity index (χ2n) is 8.21. The van der Waals surface area contributed by atoms with Crippen LogP contribution in [0.2, 0.25) is 0 Å². The molecule has 0 heterocycles. The molecule has 0 bridgehead atoms. The monoisotopic (exact) mass is 398 g/mol. The number of aliphatic hydroxyl groups is 2. The molecule has 0 fully saturated rings. The van der Waals surface area contributed by atoms with E-state index in [9.17, 15) is 15.0 Å². The van der Waals surface area contributed by atoms with Crippen molar-refractivity contribution in [3.05, 3.63) is 12.2 Å². The SMILES string of the molecule is CCCCCCCCCCCCCCCC=CC(=O)OCC(CC)(CO)CO. The zero-order valence-electron chi connectivity index (χ0n) is 18.6. The van der Waals surface area contributed by atoms with E-state index in [1.165, 1.54) is 83.1 Å². The van der Waals surface area contributed by atoms with Gasteiger partial charge in [-0.1, -0.05) is 97.0 Å². The van der Waals surface area contributed by atoms with Crippen molar-refractivity contribution in [1.29, 1.82) is 0 Å². The summed E-state index contributed by atoms with van der Waals surface area (Å²) in [5.41, 5.74) is -0.724. The Balaban J connectivity index is 3.47. The standard InChI is InChI=1S/C24H46O4/c1-3-5-6-7-8-9-10-11-12-13-14-15-16-17-18-19-23(27)28-22-24(4-2,20-25)21-26/h18-19,25-26H,3-17,20-22H2,1-2H3. The van der Waals surface area contributed by atoms with Gasteiger partial charge in [-0.05, 0) is 19.3 Å². The second kappa shape index (κ2) is 19.4. The van der Waals surface area contributed by atoms with Crippen LogP contribution < -0.4 is 0 Å². The fourth-order valence-electron chi connectivity index (χ4n) is 3.20. The van der Waals surface area contributed by atoms with Crippen molar-refractivity contribution >= 4 is 5.97 Å². The highest BCUT2D eigenvalue weighted by atomic mass is 16.5. The second-order valence-corrected chi connectivity index (χ2v) is 8.21. The minimum atomic E-state index is -0.724. The van der Waals surface area contributed by atoms with Crippen molar-refractivity contribution in [2.75, 3.05) is 19.8 Å². The van der Waals surface area contributed by atoms with E-state index in [1.807, 2.05) is 13.0 Å². The van der Waals surface area contributed by atoms with E-state index in [2.05, 4.69) is 6.92 Å². The number of esters is 1. The van der Waals surface area contributed by atoms with Gasteiger partial charge in [-0.25, -0.2) is 4.79 Å². The molecule has 0 aliphatic rings. The molecule has 0 aromatic carbocycles. The fraction of sp³-hybridized carbons (Fsp3) is 0.875. The number of hydrogen-bond donors (Lipinski definition) is 2. The van der Waals surface area contributed by atoms with E-state index >= 15 is 0 Å². The molecule has 0 saturated carbocycles. The highest BCUT2D eigenvalue weighted by molar-refractivity contribution is 5.81. The number of hydrogen-bond acceptors (Lipinski definition) is 4. The number of rotatable bonds is 20. The summed E-state index contributed by atoms with van der Waals surface area (Å²) in [4.78, 5) is 11.7. The minimum absolute atomic E-state index is 0.0540. The molecule has 4 nitrogen and oxygen atoms in total. The molecular formula is C24H46O4. The number of carbonyl (C=O) groups excluding carboxylic acids is 1. The summed E-state index contributed by atoms with van der Waals surface area (Å²) in [7, 11) is 0. The van der Waals surface area contributed by atoms with E-state index in [1.54, 1.807) is 0 Å². The fourth-order valence-corrected chi connectivity index (χ4v) is 3.20. The third-order valence-electron chi connectivity index (χ3n) is 5.67. The summed E-state index contributed by atoms with van der Waals surface area (Å²) in [6, 6.07) is 0. The third-order valence-corrected chi connectivity index (χ3v) is 5.67. The first-order valence-electron chi connectivity index (χ1n) is 11.7. The van der Waals surface area contributed by atoms with Gasteiger partial charge >= 0.3 is 5.97 Å². The quantitative estimate of drug-likeness (QED) is 0.151. The predicted octanol–water partition coefficient (Wildman–Crippen LogP) is 5.95. The highest BCUT2D eigenvalue weighted by Crippen LogP contribution is 2.20. The molecule has 0 atom stereocenters. The first-order valence-corrected chi connectivity index (χ1v) is 11.7. The highest BCUT2D eigenvalue weighted by Gasteiger charge is 2.28. The van der Waals surface area contributed by atoms with Gasteiger partial charge in [0, 0.05) is 6.08 Å². The van der Waals surface area contributed by atoms with Crippen molar-refractivity contribution in [3.8, 4) is 0 Å². The van der Waals surface area contributed by atoms with E-state index in [0.29, 0.717) is 6.42 Å². The maximum absolute atomic E-state index is 11.7. The van der Waals surface area contributed by atoms with Gasteiger partial charge in [0.25, 0.3) is 0 Å². The van der Waals surface area contributed by atoms with E-state index in [-0.39, 0.29) is 19.8 Å². The van der Waals surface area contributed by atoms with E-state index in [4.69, 9.17) is 4.74 Å². The van der Waals surface area contributed by atoms with Crippen LogP contribution in [-0.4, -0.2) is 36.0 Å². The van der Waals surface area contributed by atoms with E-state index < -0.39 is 11.4 Å². The lowest BCUT2D eigenvalue weighted by Gasteiger charge is -2.27. The molecule has 0 aromatic rings. The Morgan fingerprint density at radius 2 is 1.25 bits per heavy atom. The zero-order chi connectivity index (χ0) is 20.9. The molecule has 0 aromatic heterocycles. The summed E-state index contributed by atoms with van der Waals surface area (Å²) < 4.78 is 5.15. The topological polar surface area (TPSA) is 66.8 Å². The maximum atomic E-state index is 11.7. The van der Waals surface area contributed by atoms with Crippen LogP contribution in [0.4, 0.5) is 0 Å². The Bertz CT molecular complexity index is 367. The van der Waals surface area contributed by atoms with Crippen molar-refractivity contribution in [3.63, 3.8) is 0 Å². The summed E-state index contributed by atoms with van der Waals surface area (Å²) in [6.45, 7) is 3.81. The molecule has 28 heavy (non-hydrogen) atoms. The van der Waals surface area contributed by atoms with Crippen LogP contribution in [-0.2, 0) is 9.53 Å². The Kier molecular flexibility index (Phi) is 18.8. The average molecular weight is 399 g/mol. The zero-order valence-corrected chi connectivity index (χ0v) is 18.6. The molecule has 0 rings (SSSR count). The predicted molar refractivity (Wildman–Crippen MR) is 117 cm³/mol. The van der Waals surface area contributed by atoms with Crippen LogP contribution in [0.15, 0.2) is 12.2 Å². The summed E-state index contributed by atoms with van der Waals surface area (Å²) in [5, 5.41) is 18.7. The largest absolute Gasteiger partial charge is 0.462 e. The lowest BCUT2D eigenvalue weighted by atomic mass is 9.88. The maximum Gasteiger partial charge on any atom is 0.330 e. The molecular weight excluding hydrogens is 352 g/mol. The van der Waals surface area contributed by atoms with Gasteiger partial charge < -0.3 is 14.9 Å². The molecule has 0 amide bonds. The van der Waals surface area contributed by atoms with Crippen LogP contribution >= 0.6 is 0 Å². The van der Waals surface area contributed by atoms with Crippen molar-refractivity contribution in [1.82, 2.24) is 0 Å². The van der Waals surface area contributed by atoms with Crippen LogP contribution in [0.25, 0.3) is 0 Å². The molecule has 0 radical (unpaired) electrons. The van der Waals surface area contributed by atoms with Gasteiger partial charge in [0.1, 0.15) is 6.61 Å². The van der Waals surface area contributed by atoms with Crippen molar-refractivity contribution in [2.45, 2.75) is 110 Å². The molecule has 0 aliphatic carbocycles. The van der Waals surface area contributed by atoms with Crippen molar-refractivity contribution < 1.29 is 19.7 Å². The molecule has 0 saturated heterocycles. The summed E-state index contributed by atoms with van der Waals surface area (Å²) >= 11 is 0. The molecule has 166 valence electrons. The smallest absolute Gasteiger partial charge is 0.330 e. The lowest BCUT2D eigenvalue weighted by molar-refractivity contribution is -0.143. The third kappa shape index (κ3) is 15.1. The summed E-state index contributed by atoms with van der Waals surface area (Å²) in [5.74, 6) is -0.394. The molecule has 4 heteroatoms. The van der Waals surface area contributed by atoms with Crippen LogP contribution in [0.5, 0.6) is 0 Å². The van der Waals surface area contributed by atoms with Gasteiger partial charge in [-0.2, -0.15) is 0 Å². The molecule has 0 spiro atoms. The Hall–Kier alpha value is -0.870. The number of allylic oxidation sites excluding steroid dienone is 1. The Labute approximate surface area is 173 Å². The van der Waals surface area contributed by atoms with Gasteiger partial charge in [-0.3, -0.25) is 0 Å². The van der Waals surface area contributed by atoms with Gasteiger partial charge in [0.2, 0.25) is 0 Å². The van der Waals surface area contributed by atoms with Gasteiger partial charge in [-0.15, -0.1) is 0 Å². The summed E-state index contributed by atoms with van der Waals surface area (Å²) in [6.07, 6.45) is 22.2. The van der Waals surface area contributed by atoms with Crippen LogP contribution in [0.3, 0.4) is 0 Å². The number of ether oxygens (including phenoxy) is 1. The van der Waals surface area contributed by atoms with Crippen LogP contribution in [0, 0.1) is 5.41 Å². The average Bonchev–Trinajstić information content (AvgIpc) is 2.72. The molecule has 0 unspecified atom stereocenters. The lowest BCUT2D eigenvalue weighted by Crippen LogP contribution is -2.35. The van der Waals surface area contributed by atoms with E-state index in [0.717, 1.165) is 12.8 Å². The first kappa shape index (κ1) is 27.1. The molecule has 0 aliphatic heterocycles. The number of carbonyl (C=O) groups is 1. The van der Waals surface area contributed by atoms with Crippen LogP contribution in [0.1, 0.15) is 110 Å². The Morgan fingerprint density at radius 3 is 1.68 bits per heavy atom. The normalized spacial score (nSPS) is 12.0. The number of aliphatic hydroxyl groups excluding tert-OH is 2. The first-order chi connectivity index (χ1) is 13.6. The Morgan fingerprint density at radius 1 is 0.786 bits per heavy atom. The van der Waals surface area contributed by atoms with Gasteiger partial charge in [0.05, 0.1) is 18.6 Å². The minimum Gasteiger partial charge on any atom is -0.462 e. The van der Waals surface area contributed by atoms with Crippen molar-refractivity contribution in [2.24, 2.45) is 5.41 Å². The number of unbranched alkanes of at least 4 members (excludes halogenated alkanes) is 13. The molecule has 2 N–H and O–H groups in total.